The summed E-state index contributed by atoms with van der Waals surface area (Å²) in [4.78, 5) is 28.9. The number of benzene rings is 2. The van der Waals surface area contributed by atoms with Crippen LogP contribution >= 0.6 is 0 Å². The summed E-state index contributed by atoms with van der Waals surface area (Å²) in [7, 11) is 0. The van der Waals surface area contributed by atoms with Crippen molar-refractivity contribution in [3.8, 4) is 11.1 Å². The van der Waals surface area contributed by atoms with Gasteiger partial charge in [0, 0.05) is 24.3 Å². The van der Waals surface area contributed by atoms with Crippen LogP contribution < -0.4 is 4.90 Å². The first kappa shape index (κ1) is 17.0. The standard InChI is InChI=1S/C21H20N4O2/c1-15-13-25(20(26)14-24(15)21(27)18-11-12-22-23-18)19-10-6-5-9-17(19)16-7-3-2-4-8-16/h2-12,15H,13-14H2,1H3,(H,22,23)/t15-/m1/s1. The molecular formula is C21H20N4O2. The van der Waals surface area contributed by atoms with Crippen molar-refractivity contribution < 1.29 is 9.59 Å². The number of carbonyl (C=O) groups is 2. The number of H-pyrrole nitrogens is 1. The van der Waals surface area contributed by atoms with E-state index in [2.05, 4.69) is 10.2 Å². The summed E-state index contributed by atoms with van der Waals surface area (Å²) in [6, 6.07) is 19.4. The molecule has 0 bridgehead atoms. The summed E-state index contributed by atoms with van der Waals surface area (Å²) in [6.07, 6.45) is 1.53. The van der Waals surface area contributed by atoms with Gasteiger partial charge in [-0.05, 0) is 24.6 Å². The second kappa shape index (κ2) is 7.07. The highest BCUT2D eigenvalue weighted by molar-refractivity contribution is 6.03. The minimum atomic E-state index is -0.204. The Bertz CT molecular complexity index is 953. The van der Waals surface area contributed by atoms with Gasteiger partial charge in [0.15, 0.2) is 0 Å². The first-order valence-electron chi connectivity index (χ1n) is 8.90. The van der Waals surface area contributed by atoms with E-state index in [1.165, 1.54) is 6.20 Å². The van der Waals surface area contributed by atoms with Crippen molar-refractivity contribution in [3.63, 3.8) is 0 Å². The molecule has 0 aliphatic carbocycles. The molecule has 1 fully saturated rings. The van der Waals surface area contributed by atoms with Gasteiger partial charge in [-0.25, -0.2) is 0 Å². The van der Waals surface area contributed by atoms with Gasteiger partial charge in [0.1, 0.15) is 12.2 Å². The Morgan fingerprint density at radius 1 is 1.07 bits per heavy atom. The van der Waals surface area contributed by atoms with Gasteiger partial charge in [0.2, 0.25) is 5.91 Å². The monoisotopic (exact) mass is 360 g/mol. The van der Waals surface area contributed by atoms with E-state index < -0.39 is 0 Å². The highest BCUT2D eigenvalue weighted by Gasteiger charge is 2.34. The molecule has 0 spiro atoms. The molecule has 1 aliphatic rings. The molecule has 2 amide bonds. The quantitative estimate of drug-likeness (QED) is 0.781. The summed E-state index contributed by atoms with van der Waals surface area (Å²) in [5.41, 5.74) is 3.33. The maximum absolute atomic E-state index is 12.9. The number of amides is 2. The molecule has 27 heavy (non-hydrogen) atoms. The van der Waals surface area contributed by atoms with E-state index in [4.69, 9.17) is 0 Å². The fourth-order valence-electron chi connectivity index (χ4n) is 3.46. The number of hydrogen-bond acceptors (Lipinski definition) is 3. The largest absolute Gasteiger partial charge is 0.324 e. The molecule has 0 radical (unpaired) electrons. The minimum absolute atomic E-state index is 0.0438. The molecule has 1 saturated heterocycles. The van der Waals surface area contributed by atoms with Crippen LogP contribution in [0.5, 0.6) is 0 Å². The van der Waals surface area contributed by atoms with E-state index >= 15 is 0 Å². The number of aromatic amines is 1. The molecule has 0 saturated carbocycles. The second-order valence-corrected chi connectivity index (χ2v) is 6.64. The number of nitrogens with zero attached hydrogens (tertiary/aromatic N) is 3. The summed E-state index contributed by atoms with van der Waals surface area (Å²) in [5, 5.41) is 6.50. The van der Waals surface area contributed by atoms with Crippen LogP contribution in [0.4, 0.5) is 5.69 Å². The van der Waals surface area contributed by atoms with Gasteiger partial charge in [-0.15, -0.1) is 0 Å². The second-order valence-electron chi connectivity index (χ2n) is 6.64. The van der Waals surface area contributed by atoms with Crippen LogP contribution in [-0.2, 0) is 4.79 Å². The van der Waals surface area contributed by atoms with Gasteiger partial charge in [-0.3, -0.25) is 14.7 Å². The number of nitrogens with one attached hydrogen (secondary N) is 1. The van der Waals surface area contributed by atoms with E-state index in [9.17, 15) is 9.59 Å². The van der Waals surface area contributed by atoms with Crippen molar-refractivity contribution in [1.29, 1.82) is 0 Å². The van der Waals surface area contributed by atoms with Crippen molar-refractivity contribution in [2.24, 2.45) is 0 Å². The lowest BCUT2D eigenvalue weighted by atomic mass is 10.0. The smallest absolute Gasteiger partial charge is 0.272 e. The van der Waals surface area contributed by atoms with Crippen molar-refractivity contribution in [2.45, 2.75) is 13.0 Å². The fourth-order valence-corrected chi connectivity index (χ4v) is 3.46. The van der Waals surface area contributed by atoms with Gasteiger partial charge >= 0.3 is 0 Å². The van der Waals surface area contributed by atoms with Crippen LogP contribution in [0.25, 0.3) is 11.1 Å². The number of aromatic nitrogens is 2. The minimum Gasteiger partial charge on any atom is -0.324 e. The topological polar surface area (TPSA) is 69.3 Å². The van der Waals surface area contributed by atoms with Crippen LogP contribution in [0.2, 0.25) is 0 Å². The molecule has 2 heterocycles. The number of rotatable bonds is 3. The number of piperazine rings is 1. The normalized spacial score (nSPS) is 17.2. The lowest BCUT2D eigenvalue weighted by molar-refractivity contribution is -0.121. The third-order valence-electron chi connectivity index (χ3n) is 4.86. The van der Waals surface area contributed by atoms with Gasteiger partial charge < -0.3 is 9.80 Å². The van der Waals surface area contributed by atoms with Crippen molar-refractivity contribution >= 4 is 17.5 Å². The average Bonchev–Trinajstić information content (AvgIpc) is 3.24. The highest BCUT2D eigenvalue weighted by atomic mass is 16.2. The maximum Gasteiger partial charge on any atom is 0.272 e. The van der Waals surface area contributed by atoms with Gasteiger partial charge in [0.05, 0.1) is 5.69 Å². The Labute approximate surface area is 157 Å². The third-order valence-corrected chi connectivity index (χ3v) is 4.86. The van der Waals surface area contributed by atoms with Crippen molar-refractivity contribution in [3.05, 3.63) is 72.6 Å². The molecule has 136 valence electrons. The zero-order valence-corrected chi connectivity index (χ0v) is 15.0. The molecule has 1 N–H and O–H groups in total. The molecular weight excluding hydrogens is 340 g/mol. The lowest BCUT2D eigenvalue weighted by Gasteiger charge is -2.39. The van der Waals surface area contributed by atoms with Crippen LogP contribution in [0, 0.1) is 0 Å². The highest BCUT2D eigenvalue weighted by Crippen LogP contribution is 2.32. The summed E-state index contributed by atoms with van der Waals surface area (Å²) >= 11 is 0. The van der Waals surface area contributed by atoms with Gasteiger partial charge in [0.25, 0.3) is 5.91 Å². The number of hydrogen-bond donors (Lipinski definition) is 1. The predicted molar refractivity (Wildman–Crippen MR) is 103 cm³/mol. The zero-order valence-electron chi connectivity index (χ0n) is 15.0. The van der Waals surface area contributed by atoms with Crippen molar-refractivity contribution in [1.82, 2.24) is 15.1 Å². The maximum atomic E-state index is 12.9. The number of carbonyl (C=O) groups excluding carboxylic acids is 2. The number of anilines is 1. The van der Waals surface area contributed by atoms with Gasteiger partial charge in [-0.2, -0.15) is 5.10 Å². The molecule has 3 aromatic rings. The van der Waals surface area contributed by atoms with Crippen LogP contribution in [0.15, 0.2) is 66.9 Å². The summed E-state index contributed by atoms with van der Waals surface area (Å²) in [5.74, 6) is -0.298. The Morgan fingerprint density at radius 3 is 2.56 bits per heavy atom. The molecule has 0 unspecified atom stereocenters. The molecule has 6 nitrogen and oxygen atoms in total. The fraction of sp³-hybridized carbons (Fsp3) is 0.190. The first-order valence-corrected chi connectivity index (χ1v) is 8.90. The van der Waals surface area contributed by atoms with E-state index in [1.807, 2.05) is 61.5 Å². The molecule has 2 aromatic carbocycles. The molecule has 1 atom stereocenters. The predicted octanol–water partition coefficient (Wildman–Crippen LogP) is 2.95. The van der Waals surface area contributed by atoms with E-state index in [1.54, 1.807) is 15.9 Å². The Kier molecular flexibility index (Phi) is 4.46. The van der Waals surface area contributed by atoms with Crippen LogP contribution in [-0.4, -0.2) is 46.0 Å². The van der Waals surface area contributed by atoms with Crippen molar-refractivity contribution in [2.75, 3.05) is 18.0 Å². The Balaban J connectivity index is 1.62. The van der Waals surface area contributed by atoms with E-state index in [-0.39, 0.29) is 24.4 Å². The molecule has 1 aromatic heterocycles. The van der Waals surface area contributed by atoms with E-state index in [0.717, 1.165) is 16.8 Å². The molecule has 4 rings (SSSR count). The average molecular weight is 360 g/mol. The number of para-hydroxylation sites is 1. The molecule has 1 aliphatic heterocycles. The SMILES string of the molecule is C[C@@H]1CN(c2ccccc2-c2ccccc2)C(=O)CN1C(=O)c1ccn[nH]1. The van der Waals surface area contributed by atoms with E-state index in [0.29, 0.717) is 12.2 Å². The zero-order chi connectivity index (χ0) is 18.8. The first-order chi connectivity index (χ1) is 13.1. The Hall–Kier alpha value is -3.41. The summed E-state index contributed by atoms with van der Waals surface area (Å²) in [6.45, 7) is 2.45. The van der Waals surface area contributed by atoms with Crippen LogP contribution in [0.1, 0.15) is 17.4 Å². The summed E-state index contributed by atoms with van der Waals surface area (Å²) < 4.78 is 0. The lowest BCUT2D eigenvalue weighted by Crippen LogP contribution is -2.57. The molecule has 6 heteroatoms. The third kappa shape index (κ3) is 3.21. The van der Waals surface area contributed by atoms with Gasteiger partial charge in [-0.1, -0.05) is 48.5 Å². The van der Waals surface area contributed by atoms with Crippen LogP contribution in [0.3, 0.4) is 0 Å². The Morgan fingerprint density at radius 2 is 1.81 bits per heavy atom.